The van der Waals surface area contributed by atoms with Gasteiger partial charge in [0.05, 0.1) is 5.60 Å². The van der Waals surface area contributed by atoms with Crippen LogP contribution >= 0.6 is 0 Å². The van der Waals surface area contributed by atoms with E-state index < -0.39 is 5.60 Å². The first-order chi connectivity index (χ1) is 16.6. The van der Waals surface area contributed by atoms with Gasteiger partial charge in [0.25, 0.3) is 0 Å². The lowest BCUT2D eigenvalue weighted by Gasteiger charge is -2.64. The summed E-state index contributed by atoms with van der Waals surface area (Å²) in [7, 11) is 0. The standard InChI is InChI=1S/C33H50O2/c1-22(2)10-9-11-23(3)27-14-15-28-25-16-19-33(35)20-26(24-12-7-6-8-13-24)30(34)21-32(33,5)29(25)17-18-31(27,28)4/h6-8,12-13,22-23,25-29,35H,9-11,14-21H2,1-5H3/t23-,25+,26+,27-,28+,29+,31-,32-,33-/m1/s1. The topological polar surface area (TPSA) is 37.3 Å². The average Bonchev–Trinajstić information content (AvgIpc) is 3.17. The average molecular weight is 479 g/mol. The van der Waals surface area contributed by atoms with Crippen molar-refractivity contribution in [3.05, 3.63) is 35.9 Å². The molecule has 4 aliphatic carbocycles. The van der Waals surface area contributed by atoms with E-state index in [0.29, 0.717) is 35.9 Å². The highest BCUT2D eigenvalue weighted by atomic mass is 16.3. The summed E-state index contributed by atoms with van der Waals surface area (Å²) in [5.41, 5.74) is 0.575. The largest absolute Gasteiger partial charge is 0.389 e. The monoisotopic (exact) mass is 478 g/mol. The fraction of sp³-hybridized carbons (Fsp3) is 0.788. The zero-order chi connectivity index (χ0) is 25.0. The zero-order valence-electron chi connectivity index (χ0n) is 23.1. The number of fused-ring (bicyclic) bond motifs is 5. The molecule has 5 rings (SSSR count). The second-order valence-corrected chi connectivity index (χ2v) is 14.2. The van der Waals surface area contributed by atoms with E-state index in [1.165, 1.54) is 44.9 Å². The molecule has 2 nitrogen and oxygen atoms in total. The minimum atomic E-state index is -0.710. The van der Waals surface area contributed by atoms with Crippen LogP contribution < -0.4 is 0 Å². The quantitative estimate of drug-likeness (QED) is 0.447. The normalized spacial score (nSPS) is 44.0. The molecule has 4 fully saturated rings. The molecule has 4 saturated carbocycles. The highest BCUT2D eigenvalue weighted by Crippen LogP contribution is 2.69. The van der Waals surface area contributed by atoms with Crippen LogP contribution in [0.15, 0.2) is 30.3 Å². The molecule has 0 bridgehead atoms. The van der Waals surface area contributed by atoms with Gasteiger partial charge in [0.15, 0.2) is 0 Å². The maximum Gasteiger partial charge on any atom is 0.141 e. The molecule has 0 amide bonds. The first-order valence-corrected chi connectivity index (χ1v) is 14.9. The van der Waals surface area contributed by atoms with Gasteiger partial charge in [-0.15, -0.1) is 0 Å². The second-order valence-electron chi connectivity index (χ2n) is 14.2. The second kappa shape index (κ2) is 9.30. The van der Waals surface area contributed by atoms with Gasteiger partial charge in [0, 0.05) is 17.8 Å². The van der Waals surface area contributed by atoms with Crippen molar-refractivity contribution in [3.8, 4) is 0 Å². The van der Waals surface area contributed by atoms with E-state index in [4.69, 9.17) is 0 Å². The van der Waals surface area contributed by atoms with E-state index in [-0.39, 0.29) is 11.3 Å². The molecule has 0 radical (unpaired) electrons. The maximum absolute atomic E-state index is 13.5. The molecule has 35 heavy (non-hydrogen) atoms. The summed E-state index contributed by atoms with van der Waals surface area (Å²) in [5, 5.41) is 12.2. The molecular weight excluding hydrogens is 428 g/mol. The van der Waals surface area contributed by atoms with Crippen molar-refractivity contribution in [3.63, 3.8) is 0 Å². The van der Waals surface area contributed by atoms with Crippen molar-refractivity contribution in [2.45, 2.75) is 117 Å². The maximum atomic E-state index is 13.5. The van der Waals surface area contributed by atoms with Crippen molar-refractivity contribution >= 4 is 5.78 Å². The van der Waals surface area contributed by atoms with Gasteiger partial charge in [-0.25, -0.2) is 0 Å². The van der Waals surface area contributed by atoms with Crippen LogP contribution in [-0.2, 0) is 4.79 Å². The highest BCUT2D eigenvalue weighted by Gasteiger charge is 2.66. The van der Waals surface area contributed by atoms with Crippen LogP contribution in [0.4, 0.5) is 0 Å². The number of rotatable bonds is 6. The molecule has 2 heteroatoms. The molecule has 4 aliphatic rings. The first kappa shape index (κ1) is 25.5. The van der Waals surface area contributed by atoms with E-state index in [1.54, 1.807) is 0 Å². The van der Waals surface area contributed by atoms with E-state index in [2.05, 4.69) is 46.8 Å². The summed E-state index contributed by atoms with van der Waals surface area (Å²) in [6.07, 6.45) is 12.6. The van der Waals surface area contributed by atoms with Gasteiger partial charge in [-0.1, -0.05) is 84.2 Å². The molecule has 9 atom stereocenters. The first-order valence-electron chi connectivity index (χ1n) is 14.9. The van der Waals surface area contributed by atoms with Crippen LogP contribution in [0.3, 0.4) is 0 Å². The van der Waals surface area contributed by atoms with E-state index in [0.717, 1.165) is 42.1 Å². The van der Waals surface area contributed by atoms with Crippen molar-refractivity contribution in [1.82, 2.24) is 0 Å². The predicted molar refractivity (Wildman–Crippen MR) is 144 cm³/mol. The molecule has 1 N–H and O–H groups in total. The third kappa shape index (κ3) is 4.14. The number of carbonyl (C=O) groups is 1. The SMILES string of the molecule is CC(C)CCC[C@@H](C)[C@H]1CC[C@H]2[C@@H]3CC[C@@]4(O)C[C@@H](c5ccccc5)C(=O)C[C@]4(C)[C@H]3CC[C@]12C. The number of hydrogen-bond donors (Lipinski definition) is 1. The molecule has 1 aromatic carbocycles. The van der Waals surface area contributed by atoms with E-state index >= 15 is 0 Å². The number of benzene rings is 1. The van der Waals surface area contributed by atoms with Crippen molar-refractivity contribution in [2.75, 3.05) is 0 Å². The number of aliphatic hydroxyl groups is 1. The van der Waals surface area contributed by atoms with Gasteiger partial charge < -0.3 is 5.11 Å². The highest BCUT2D eigenvalue weighted by molar-refractivity contribution is 5.87. The third-order valence-corrected chi connectivity index (χ3v) is 12.1. The molecule has 1 aromatic rings. The van der Waals surface area contributed by atoms with Crippen LogP contribution in [0.5, 0.6) is 0 Å². The summed E-state index contributed by atoms with van der Waals surface area (Å²) >= 11 is 0. The van der Waals surface area contributed by atoms with Gasteiger partial charge in [-0.2, -0.15) is 0 Å². The zero-order valence-corrected chi connectivity index (χ0v) is 23.1. The predicted octanol–water partition coefficient (Wildman–Crippen LogP) is 8.19. The minimum absolute atomic E-state index is 0.137. The molecular formula is C33H50O2. The Hall–Kier alpha value is -1.15. The van der Waals surface area contributed by atoms with Crippen LogP contribution in [0, 0.1) is 46.3 Å². The lowest BCUT2D eigenvalue weighted by Crippen LogP contribution is -2.63. The fourth-order valence-electron chi connectivity index (χ4n) is 10.1. The summed E-state index contributed by atoms with van der Waals surface area (Å²) in [6.45, 7) is 12.2. The molecule has 0 unspecified atom stereocenters. The van der Waals surface area contributed by atoms with Gasteiger partial charge in [-0.3, -0.25) is 4.79 Å². The molecule has 0 saturated heterocycles. The van der Waals surface area contributed by atoms with Crippen molar-refractivity contribution < 1.29 is 9.90 Å². The lowest BCUT2D eigenvalue weighted by atomic mass is 9.42. The number of ketones is 1. The number of carbonyl (C=O) groups excluding carboxylic acids is 1. The summed E-state index contributed by atoms with van der Waals surface area (Å²) in [6, 6.07) is 10.2. The number of Topliss-reactive ketones (excluding diaryl/α,β-unsaturated/α-hetero) is 1. The lowest BCUT2D eigenvalue weighted by molar-refractivity contribution is -0.207. The molecule has 194 valence electrons. The Bertz CT molecular complexity index is 907. The molecule has 0 aromatic heterocycles. The van der Waals surface area contributed by atoms with E-state index in [1.807, 2.05) is 18.2 Å². The third-order valence-electron chi connectivity index (χ3n) is 12.1. The molecule has 0 heterocycles. The Morgan fingerprint density at radius 1 is 0.943 bits per heavy atom. The Morgan fingerprint density at radius 3 is 2.40 bits per heavy atom. The van der Waals surface area contributed by atoms with Crippen LogP contribution in [-0.4, -0.2) is 16.5 Å². The number of hydrogen-bond acceptors (Lipinski definition) is 2. The summed E-state index contributed by atoms with van der Waals surface area (Å²) in [4.78, 5) is 13.5. The van der Waals surface area contributed by atoms with Crippen molar-refractivity contribution in [2.24, 2.45) is 46.3 Å². The van der Waals surface area contributed by atoms with Crippen LogP contribution in [0.25, 0.3) is 0 Å². The molecule has 0 aliphatic heterocycles. The van der Waals surface area contributed by atoms with Gasteiger partial charge >= 0.3 is 0 Å². The molecule has 0 spiro atoms. The summed E-state index contributed by atoms with van der Waals surface area (Å²) in [5.74, 6) is 4.67. The Morgan fingerprint density at radius 2 is 1.69 bits per heavy atom. The van der Waals surface area contributed by atoms with Crippen LogP contribution in [0.1, 0.15) is 117 Å². The Labute approximate surface area is 214 Å². The van der Waals surface area contributed by atoms with Crippen LogP contribution in [0.2, 0.25) is 0 Å². The van der Waals surface area contributed by atoms with Gasteiger partial charge in [0.2, 0.25) is 0 Å². The van der Waals surface area contributed by atoms with E-state index in [9.17, 15) is 9.90 Å². The fourth-order valence-corrected chi connectivity index (χ4v) is 10.1. The Kier molecular flexibility index (Phi) is 6.78. The van der Waals surface area contributed by atoms with Gasteiger partial charge in [0.1, 0.15) is 5.78 Å². The van der Waals surface area contributed by atoms with Crippen molar-refractivity contribution in [1.29, 1.82) is 0 Å². The Balaban J connectivity index is 1.34. The minimum Gasteiger partial charge on any atom is -0.389 e. The smallest absolute Gasteiger partial charge is 0.141 e. The van der Waals surface area contributed by atoms with Gasteiger partial charge in [-0.05, 0) is 91.4 Å². The summed E-state index contributed by atoms with van der Waals surface area (Å²) < 4.78 is 0.